The van der Waals surface area contributed by atoms with Crippen LogP contribution in [0.2, 0.25) is 0 Å². The van der Waals surface area contributed by atoms with Crippen LogP contribution in [0, 0.1) is 0 Å². The van der Waals surface area contributed by atoms with Crippen LogP contribution in [0.25, 0.3) is 0 Å². The van der Waals surface area contributed by atoms with E-state index in [0.717, 1.165) is 5.69 Å². The van der Waals surface area contributed by atoms with Crippen molar-refractivity contribution >= 4 is 23.5 Å². The second-order valence-electron chi connectivity index (χ2n) is 5.64. The molecule has 26 heavy (non-hydrogen) atoms. The van der Waals surface area contributed by atoms with Crippen molar-refractivity contribution in [2.45, 2.75) is 6.92 Å². The smallest absolute Gasteiger partial charge is 0.409 e. The average molecular weight is 358 g/mol. The zero-order valence-electron chi connectivity index (χ0n) is 14.9. The SMILES string of the molecule is CCOC(=O)N1CCN(c2cnnc(Nc3ccccc3OC)n2)CC1. The number of ether oxygens (including phenoxy) is 2. The molecule has 0 atom stereocenters. The summed E-state index contributed by atoms with van der Waals surface area (Å²) in [5.41, 5.74) is 0.765. The van der Waals surface area contributed by atoms with Gasteiger partial charge in [-0.1, -0.05) is 12.1 Å². The number of methoxy groups -OCH3 is 1. The number of benzene rings is 1. The molecule has 2 heterocycles. The maximum atomic E-state index is 11.8. The molecule has 0 bridgehead atoms. The van der Waals surface area contributed by atoms with Crippen molar-refractivity contribution in [3.05, 3.63) is 30.5 Å². The average Bonchev–Trinajstić information content (AvgIpc) is 2.69. The third-order valence-electron chi connectivity index (χ3n) is 4.03. The van der Waals surface area contributed by atoms with Gasteiger partial charge in [-0.25, -0.2) is 4.79 Å². The number of hydrogen-bond donors (Lipinski definition) is 1. The lowest BCUT2D eigenvalue weighted by Crippen LogP contribution is -2.49. The summed E-state index contributed by atoms with van der Waals surface area (Å²) in [6.45, 7) is 4.66. The Kier molecular flexibility index (Phi) is 5.67. The molecule has 0 saturated carbocycles. The van der Waals surface area contributed by atoms with Gasteiger partial charge in [0.15, 0.2) is 5.82 Å². The molecule has 1 aromatic carbocycles. The Balaban J connectivity index is 1.66. The molecule has 9 heteroatoms. The van der Waals surface area contributed by atoms with Gasteiger partial charge < -0.3 is 24.6 Å². The molecule has 1 aromatic heterocycles. The van der Waals surface area contributed by atoms with E-state index in [4.69, 9.17) is 9.47 Å². The summed E-state index contributed by atoms with van der Waals surface area (Å²) in [7, 11) is 1.61. The molecule has 0 radical (unpaired) electrons. The molecule has 0 unspecified atom stereocenters. The summed E-state index contributed by atoms with van der Waals surface area (Å²) in [6.07, 6.45) is 1.35. The van der Waals surface area contributed by atoms with Crippen molar-refractivity contribution in [3.8, 4) is 5.75 Å². The van der Waals surface area contributed by atoms with E-state index in [1.165, 1.54) is 0 Å². The fraction of sp³-hybridized carbons (Fsp3) is 0.412. The lowest BCUT2D eigenvalue weighted by atomic mass is 10.3. The Bertz CT molecular complexity index is 749. The second-order valence-corrected chi connectivity index (χ2v) is 5.64. The van der Waals surface area contributed by atoms with Crippen LogP contribution in [0.15, 0.2) is 30.5 Å². The molecule has 2 aromatic rings. The summed E-state index contributed by atoms with van der Waals surface area (Å²) in [5.74, 6) is 1.80. The van der Waals surface area contributed by atoms with Crippen molar-refractivity contribution in [2.24, 2.45) is 0 Å². The first-order chi connectivity index (χ1) is 12.7. The third-order valence-corrected chi connectivity index (χ3v) is 4.03. The highest BCUT2D eigenvalue weighted by Crippen LogP contribution is 2.26. The summed E-state index contributed by atoms with van der Waals surface area (Å²) < 4.78 is 10.4. The Morgan fingerprint density at radius 2 is 2.00 bits per heavy atom. The lowest BCUT2D eigenvalue weighted by molar-refractivity contribution is 0.105. The van der Waals surface area contributed by atoms with Gasteiger partial charge >= 0.3 is 6.09 Å². The first kappa shape index (κ1) is 17.7. The first-order valence-electron chi connectivity index (χ1n) is 8.47. The number of carbonyl (C=O) groups is 1. The van der Waals surface area contributed by atoms with Gasteiger partial charge in [0.1, 0.15) is 5.75 Å². The van der Waals surface area contributed by atoms with Crippen molar-refractivity contribution in [3.63, 3.8) is 0 Å². The van der Waals surface area contributed by atoms with Crippen LogP contribution in [-0.2, 0) is 4.74 Å². The van der Waals surface area contributed by atoms with Crippen LogP contribution in [-0.4, -0.2) is 66.1 Å². The number of nitrogens with one attached hydrogen (secondary N) is 1. The van der Waals surface area contributed by atoms with Crippen LogP contribution < -0.4 is 15.0 Å². The number of rotatable bonds is 5. The predicted molar refractivity (Wildman–Crippen MR) is 96.9 cm³/mol. The molecule has 138 valence electrons. The molecular weight excluding hydrogens is 336 g/mol. The van der Waals surface area contributed by atoms with E-state index in [1.807, 2.05) is 24.3 Å². The number of hydrogen-bond acceptors (Lipinski definition) is 8. The molecule has 0 spiro atoms. The fourth-order valence-corrected chi connectivity index (χ4v) is 2.70. The topological polar surface area (TPSA) is 92.7 Å². The molecule has 1 aliphatic heterocycles. The molecule has 1 aliphatic rings. The van der Waals surface area contributed by atoms with Gasteiger partial charge in [-0.15, -0.1) is 5.10 Å². The van der Waals surface area contributed by atoms with Gasteiger partial charge in [-0.05, 0) is 19.1 Å². The van der Waals surface area contributed by atoms with Crippen LogP contribution in [0.4, 0.5) is 22.2 Å². The van der Waals surface area contributed by atoms with Crippen LogP contribution in [0.1, 0.15) is 6.92 Å². The largest absolute Gasteiger partial charge is 0.495 e. The number of para-hydroxylation sites is 2. The third kappa shape index (κ3) is 4.11. The number of nitrogens with zero attached hydrogens (tertiary/aromatic N) is 5. The fourth-order valence-electron chi connectivity index (χ4n) is 2.70. The molecule has 1 saturated heterocycles. The zero-order chi connectivity index (χ0) is 18.4. The van der Waals surface area contributed by atoms with Gasteiger partial charge in [-0.3, -0.25) is 0 Å². The predicted octanol–water partition coefficient (Wildman–Crippen LogP) is 1.90. The van der Waals surface area contributed by atoms with Gasteiger partial charge in [-0.2, -0.15) is 10.1 Å². The standard InChI is InChI=1S/C17H22N6O3/c1-3-26-17(24)23-10-8-22(9-11-23)15-12-18-21-16(20-15)19-13-6-4-5-7-14(13)25-2/h4-7,12H,3,8-11H2,1-2H3,(H,19,20,21). The molecule has 1 fully saturated rings. The van der Waals surface area contributed by atoms with Crippen molar-refractivity contribution in [1.29, 1.82) is 0 Å². The second kappa shape index (κ2) is 8.32. The summed E-state index contributed by atoms with van der Waals surface area (Å²) in [6, 6.07) is 7.53. The molecule has 9 nitrogen and oxygen atoms in total. The summed E-state index contributed by atoms with van der Waals surface area (Å²) in [4.78, 5) is 20.1. The maximum Gasteiger partial charge on any atom is 0.409 e. The minimum atomic E-state index is -0.272. The molecule has 1 N–H and O–H groups in total. The van der Waals surface area contributed by atoms with Gasteiger partial charge in [0, 0.05) is 26.2 Å². The Labute approximate surface area is 151 Å². The summed E-state index contributed by atoms with van der Waals surface area (Å²) >= 11 is 0. The minimum Gasteiger partial charge on any atom is -0.495 e. The highest BCUT2D eigenvalue weighted by molar-refractivity contribution is 5.68. The Hall–Kier alpha value is -3.10. The van der Waals surface area contributed by atoms with Crippen LogP contribution in [0.5, 0.6) is 5.75 Å². The number of piperazine rings is 1. The quantitative estimate of drug-likeness (QED) is 0.866. The van der Waals surface area contributed by atoms with Crippen molar-refractivity contribution < 1.29 is 14.3 Å². The van der Waals surface area contributed by atoms with E-state index >= 15 is 0 Å². The van der Waals surface area contributed by atoms with E-state index in [0.29, 0.717) is 50.3 Å². The number of aromatic nitrogens is 3. The first-order valence-corrected chi connectivity index (χ1v) is 8.47. The number of amides is 1. The maximum absolute atomic E-state index is 11.8. The molecular formula is C17H22N6O3. The van der Waals surface area contributed by atoms with Crippen LogP contribution in [0.3, 0.4) is 0 Å². The highest BCUT2D eigenvalue weighted by atomic mass is 16.6. The Morgan fingerprint density at radius 3 is 2.73 bits per heavy atom. The normalized spacial score (nSPS) is 14.1. The van der Waals surface area contributed by atoms with Crippen LogP contribution >= 0.6 is 0 Å². The van der Waals surface area contributed by atoms with E-state index in [-0.39, 0.29) is 6.09 Å². The van der Waals surface area contributed by atoms with Crippen molar-refractivity contribution in [2.75, 3.05) is 50.1 Å². The van der Waals surface area contributed by atoms with E-state index in [9.17, 15) is 4.79 Å². The monoisotopic (exact) mass is 358 g/mol. The van der Waals surface area contributed by atoms with Gasteiger partial charge in [0.25, 0.3) is 0 Å². The molecule has 0 aliphatic carbocycles. The summed E-state index contributed by atoms with van der Waals surface area (Å²) in [5, 5.41) is 11.2. The highest BCUT2D eigenvalue weighted by Gasteiger charge is 2.23. The zero-order valence-corrected chi connectivity index (χ0v) is 14.9. The van der Waals surface area contributed by atoms with Gasteiger partial charge in [0.2, 0.25) is 5.95 Å². The number of carbonyl (C=O) groups excluding carboxylic acids is 1. The van der Waals surface area contributed by atoms with E-state index < -0.39 is 0 Å². The number of anilines is 3. The Morgan fingerprint density at radius 1 is 1.23 bits per heavy atom. The van der Waals surface area contributed by atoms with Gasteiger partial charge in [0.05, 0.1) is 25.6 Å². The minimum absolute atomic E-state index is 0.272. The van der Waals surface area contributed by atoms with Crippen molar-refractivity contribution in [1.82, 2.24) is 20.1 Å². The molecule has 1 amide bonds. The van der Waals surface area contributed by atoms with E-state index in [2.05, 4.69) is 25.4 Å². The lowest BCUT2D eigenvalue weighted by Gasteiger charge is -2.34. The van der Waals surface area contributed by atoms with E-state index in [1.54, 1.807) is 25.1 Å². The molecule has 3 rings (SSSR count).